The van der Waals surface area contributed by atoms with Crippen LogP contribution in [0.4, 0.5) is 0 Å². The van der Waals surface area contributed by atoms with Gasteiger partial charge >= 0.3 is 0 Å². The van der Waals surface area contributed by atoms with Crippen molar-refractivity contribution in [2.75, 3.05) is 13.1 Å². The number of carbonyl (C=O) groups excluding carboxylic acids is 1. The molecule has 0 radical (unpaired) electrons. The molecule has 0 aromatic rings. The lowest BCUT2D eigenvalue weighted by Gasteiger charge is -2.33. The molecule has 1 atom stereocenters. The third-order valence-corrected chi connectivity index (χ3v) is 2.29. The minimum Gasteiger partial charge on any atom is -0.352 e. The molecule has 0 aromatic heterocycles. The molecule has 1 saturated heterocycles. The normalized spacial score (nSPS) is 28.9. The van der Waals surface area contributed by atoms with Gasteiger partial charge in [-0.15, -0.1) is 0 Å². The summed E-state index contributed by atoms with van der Waals surface area (Å²) in [6.07, 6.45) is 1.75. The average Bonchev–Trinajstić information content (AvgIpc) is 2.04. The standard InChI is InChI=1S/C9H19N3O/c1-7(2)12-8(13)9(10)4-3-5-11-6-9/h7,11H,3-6,10H2,1-2H3,(H,12,13). The van der Waals surface area contributed by atoms with Gasteiger partial charge in [0.15, 0.2) is 0 Å². The van der Waals surface area contributed by atoms with Crippen molar-refractivity contribution in [3.8, 4) is 0 Å². The Morgan fingerprint density at radius 3 is 2.77 bits per heavy atom. The molecule has 4 N–H and O–H groups in total. The lowest BCUT2D eigenvalue weighted by atomic mass is 9.90. The van der Waals surface area contributed by atoms with Crippen molar-refractivity contribution >= 4 is 5.91 Å². The molecule has 1 aliphatic heterocycles. The van der Waals surface area contributed by atoms with Crippen molar-refractivity contribution in [1.29, 1.82) is 0 Å². The summed E-state index contributed by atoms with van der Waals surface area (Å²) < 4.78 is 0. The number of rotatable bonds is 2. The van der Waals surface area contributed by atoms with E-state index in [-0.39, 0.29) is 11.9 Å². The van der Waals surface area contributed by atoms with Crippen LogP contribution in [0.2, 0.25) is 0 Å². The lowest BCUT2D eigenvalue weighted by Crippen LogP contribution is -2.62. The minimum absolute atomic E-state index is 0.0327. The summed E-state index contributed by atoms with van der Waals surface area (Å²) in [5, 5.41) is 5.99. The van der Waals surface area contributed by atoms with Crippen LogP contribution in [0, 0.1) is 0 Å². The smallest absolute Gasteiger partial charge is 0.241 e. The molecule has 0 aromatic carbocycles. The van der Waals surface area contributed by atoms with Gasteiger partial charge in [-0.25, -0.2) is 0 Å². The van der Waals surface area contributed by atoms with Crippen LogP contribution < -0.4 is 16.4 Å². The number of hydrogen-bond donors (Lipinski definition) is 3. The second kappa shape index (κ2) is 4.07. The highest BCUT2D eigenvalue weighted by Crippen LogP contribution is 2.12. The molecule has 76 valence electrons. The van der Waals surface area contributed by atoms with E-state index in [0.717, 1.165) is 19.4 Å². The Morgan fingerprint density at radius 2 is 2.31 bits per heavy atom. The molecule has 1 rings (SSSR count). The van der Waals surface area contributed by atoms with Crippen molar-refractivity contribution in [2.45, 2.75) is 38.3 Å². The highest BCUT2D eigenvalue weighted by Gasteiger charge is 2.35. The number of nitrogens with two attached hydrogens (primary N) is 1. The molecule has 13 heavy (non-hydrogen) atoms. The van der Waals surface area contributed by atoms with Crippen molar-refractivity contribution in [1.82, 2.24) is 10.6 Å². The lowest BCUT2D eigenvalue weighted by molar-refractivity contribution is -0.127. The molecular weight excluding hydrogens is 166 g/mol. The first kappa shape index (κ1) is 10.5. The Bertz CT molecular complexity index is 185. The Kier molecular flexibility index (Phi) is 3.27. The zero-order valence-electron chi connectivity index (χ0n) is 8.39. The van der Waals surface area contributed by atoms with E-state index in [1.54, 1.807) is 0 Å². The average molecular weight is 185 g/mol. The van der Waals surface area contributed by atoms with E-state index in [1.807, 2.05) is 13.8 Å². The monoisotopic (exact) mass is 185 g/mol. The van der Waals surface area contributed by atoms with Crippen LogP contribution in [0.25, 0.3) is 0 Å². The zero-order valence-corrected chi connectivity index (χ0v) is 8.39. The van der Waals surface area contributed by atoms with Gasteiger partial charge in [-0.1, -0.05) is 0 Å². The number of nitrogens with one attached hydrogen (secondary N) is 2. The fourth-order valence-corrected chi connectivity index (χ4v) is 1.53. The number of carbonyl (C=O) groups is 1. The zero-order chi connectivity index (χ0) is 9.90. The Balaban J connectivity index is 2.51. The van der Waals surface area contributed by atoms with Gasteiger partial charge in [-0.3, -0.25) is 4.79 Å². The summed E-state index contributed by atoms with van der Waals surface area (Å²) in [5.74, 6) is -0.0327. The predicted molar refractivity (Wildman–Crippen MR) is 52.3 cm³/mol. The second-order valence-corrected chi connectivity index (χ2v) is 4.06. The summed E-state index contributed by atoms with van der Waals surface area (Å²) in [6, 6.07) is 0.162. The van der Waals surface area contributed by atoms with Crippen LogP contribution in [0.15, 0.2) is 0 Å². The first-order chi connectivity index (χ1) is 6.04. The first-order valence-corrected chi connectivity index (χ1v) is 4.85. The van der Waals surface area contributed by atoms with Crippen molar-refractivity contribution in [3.05, 3.63) is 0 Å². The van der Waals surface area contributed by atoms with E-state index >= 15 is 0 Å². The van der Waals surface area contributed by atoms with Gasteiger partial charge in [0.25, 0.3) is 0 Å². The van der Waals surface area contributed by atoms with Gasteiger partial charge in [0, 0.05) is 12.6 Å². The van der Waals surface area contributed by atoms with Gasteiger partial charge < -0.3 is 16.4 Å². The number of hydrogen-bond acceptors (Lipinski definition) is 3. The van der Waals surface area contributed by atoms with Crippen molar-refractivity contribution < 1.29 is 4.79 Å². The SMILES string of the molecule is CC(C)NC(=O)C1(N)CCCNC1. The van der Waals surface area contributed by atoms with Crippen LogP contribution in [-0.4, -0.2) is 30.6 Å². The second-order valence-electron chi connectivity index (χ2n) is 4.06. The minimum atomic E-state index is -0.692. The van der Waals surface area contributed by atoms with Crippen LogP contribution in [-0.2, 0) is 4.79 Å². The molecule has 1 amide bonds. The van der Waals surface area contributed by atoms with Crippen LogP contribution in [0.5, 0.6) is 0 Å². The largest absolute Gasteiger partial charge is 0.352 e. The Hall–Kier alpha value is -0.610. The Morgan fingerprint density at radius 1 is 1.62 bits per heavy atom. The van der Waals surface area contributed by atoms with Crippen molar-refractivity contribution in [3.63, 3.8) is 0 Å². The van der Waals surface area contributed by atoms with E-state index in [9.17, 15) is 4.79 Å². The van der Waals surface area contributed by atoms with Gasteiger partial charge in [-0.2, -0.15) is 0 Å². The molecular formula is C9H19N3O. The topological polar surface area (TPSA) is 67.2 Å². The van der Waals surface area contributed by atoms with Gasteiger partial charge in [-0.05, 0) is 33.2 Å². The van der Waals surface area contributed by atoms with Gasteiger partial charge in [0.2, 0.25) is 5.91 Å². The van der Waals surface area contributed by atoms with E-state index in [2.05, 4.69) is 10.6 Å². The number of piperidine rings is 1. The molecule has 4 nitrogen and oxygen atoms in total. The molecule has 1 fully saturated rings. The first-order valence-electron chi connectivity index (χ1n) is 4.85. The fraction of sp³-hybridized carbons (Fsp3) is 0.889. The molecule has 1 heterocycles. The highest BCUT2D eigenvalue weighted by molar-refractivity contribution is 5.86. The van der Waals surface area contributed by atoms with Crippen LogP contribution in [0.1, 0.15) is 26.7 Å². The molecule has 1 aliphatic rings. The summed E-state index contributed by atoms with van der Waals surface area (Å²) in [4.78, 5) is 11.7. The highest BCUT2D eigenvalue weighted by atomic mass is 16.2. The predicted octanol–water partition coefficient (Wildman–Crippen LogP) is -0.408. The molecule has 1 unspecified atom stereocenters. The van der Waals surface area contributed by atoms with E-state index in [0.29, 0.717) is 6.54 Å². The Labute approximate surface area is 79.3 Å². The maximum Gasteiger partial charge on any atom is 0.241 e. The maximum absolute atomic E-state index is 11.7. The molecule has 4 heteroatoms. The molecule has 0 bridgehead atoms. The third kappa shape index (κ3) is 2.67. The third-order valence-electron chi connectivity index (χ3n) is 2.29. The molecule has 0 spiro atoms. The van der Waals surface area contributed by atoms with E-state index in [1.165, 1.54) is 0 Å². The number of amides is 1. The fourth-order valence-electron chi connectivity index (χ4n) is 1.53. The quantitative estimate of drug-likeness (QED) is 0.548. The summed E-state index contributed by atoms with van der Waals surface area (Å²) in [6.45, 7) is 5.44. The van der Waals surface area contributed by atoms with E-state index in [4.69, 9.17) is 5.73 Å². The molecule has 0 saturated carbocycles. The van der Waals surface area contributed by atoms with Gasteiger partial charge in [0.05, 0.1) is 0 Å². The maximum atomic E-state index is 11.7. The molecule has 0 aliphatic carbocycles. The van der Waals surface area contributed by atoms with Crippen molar-refractivity contribution in [2.24, 2.45) is 5.73 Å². The van der Waals surface area contributed by atoms with Crippen LogP contribution >= 0.6 is 0 Å². The van der Waals surface area contributed by atoms with Gasteiger partial charge in [0.1, 0.15) is 5.54 Å². The summed E-state index contributed by atoms with van der Waals surface area (Å²) in [5.41, 5.74) is 5.28. The summed E-state index contributed by atoms with van der Waals surface area (Å²) >= 11 is 0. The van der Waals surface area contributed by atoms with Crippen LogP contribution in [0.3, 0.4) is 0 Å². The summed E-state index contributed by atoms with van der Waals surface area (Å²) in [7, 11) is 0. The van der Waals surface area contributed by atoms with E-state index < -0.39 is 5.54 Å².